The summed E-state index contributed by atoms with van der Waals surface area (Å²) in [6.45, 7) is 2.51. The molecular formula is C18H19N3OS. The van der Waals surface area contributed by atoms with Crippen molar-refractivity contribution in [1.29, 1.82) is 0 Å². The van der Waals surface area contributed by atoms with Crippen LogP contribution in [0.4, 0.5) is 4.79 Å². The van der Waals surface area contributed by atoms with Crippen molar-refractivity contribution in [2.75, 3.05) is 7.05 Å². The summed E-state index contributed by atoms with van der Waals surface area (Å²) in [5, 5.41) is 7.38. The number of rotatable bonds is 4. The monoisotopic (exact) mass is 325 g/mol. The summed E-state index contributed by atoms with van der Waals surface area (Å²) < 4.78 is 0. The lowest BCUT2D eigenvalue weighted by atomic mass is 10.0. The molecule has 5 heteroatoms. The van der Waals surface area contributed by atoms with Crippen LogP contribution in [0.15, 0.2) is 53.4 Å². The van der Waals surface area contributed by atoms with Crippen LogP contribution >= 0.6 is 11.3 Å². The van der Waals surface area contributed by atoms with Crippen molar-refractivity contribution in [1.82, 2.24) is 15.2 Å². The average Bonchev–Trinajstić information content (AvgIpc) is 3.07. The van der Waals surface area contributed by atoms with Gasteiger partial charge in [-0.25, -0.2) is 9.78 Å². The predicted octanol–water partition coefficient (Wildman–Crippen LogP) is 4.20. The Morgan fingerprint density at radius 3 is 2.78 bits per heavy atom. The number of carbonyl (C=O) groups excluding carboxylic acids is 1. The molecule has 4 nitrogen and oxygen atoms in total. The summed E-state index contributed by atoms with van der Waals surface area (Å²) in [5.41, 5.74) is 3.78. The minimum absolute atomic E-state index is 0.0509. The van der Waals surface area contributed by atoms with E-state index in [4.69, 9.17) is 0 Å². The number of fused-ring (bicyclic) bond motifs is 1. The van der Waals surface area contributed by atoms with E-state index in [2.05, 4.69) is 40.6 Å². The summed E-state index contributed by atoms with van der Waals surface area (Å²) in [6.07, 6.45) is 0. The molecule has 0 radical (unpaired) electrons. The zero-order valence-electron chi connectivity index (χ0n) is 13.2. The molecule has 2 aromatic carbocycles. The minimum Gasteiger partial charge on any atom is -0.331 e. The van der Waals surface area contributed by atoms with Gasteiger partial charge in [-0.1, -0.05) is 36.4 Å². The van der Waals surface area contributed by atoms with Crippen molar-refractivity contribution < 1.29 is 4.79 Å². The topological polar surface area (TPSA) is 45.2 Å². The highest BCUT2D eigenvalue weighted by Crippen LogP contribution is 2.20. The molecule has 0 aliphatic carbocycles. The first-order valence-corrected chi connectivity index (χ1v) is 8.45. The number of aromatic nitrogens is 1. The van der Waals surface area contributed by atoms with Gasteiger partial charge >= 0.3 is 6.03 Å². The van der Waals surface area contributed by atoms with E-state index in [1.54, 1.807) is 17.5 Å². The Hall–Kier alpha value is -2.40. The van der Waals surface area contributed by atoms with E-state index in [0.29, 0.717) is 6.54 Å². The fourth-order valence-electron chi connectivity index (χ4n) is 2.49. The Balaban J connectivity index is 1.67. The van der Waals surface area contributed by atoms with Crippen molar-refractivity contribution in [3.8, 4) is 0 Å². The van der Waals surface area contributed by atoms with Gasteiger partial charge in [0.2, 0.25) is 0 Å². The Morgan fingerprint density at radius 1 is 1.26 bits per heavy atom. The largest absolute Gasteiger partial charge is 0.331 e. The second-order valence-electron chi connectivity index (χ2n) is 5.61. The lowest BCUT2D eigenvalue weighted by molar-refractivity contribution is 0.203. The normalized spacial score (nSPS) is 12.1. The van der Waals surface area contributed by atoms with Gasteiger partial charge in [0.25, 0.3) is 0 Å². The summed E-state index contributed by atoms with van der Waals surface area (Å²) >= 11 is 1.54. The lowest BCUT2D eigenvalue weighted by Gasteiger charge is -2.21. The number of amides is 2. The van der Waals surface area contributed by atoms with Gasteiger partial charge in [0.15, 0.2) is 0 Å². The Labute approximate surface area is 139 Å². The maximum absolute atomic E-state index is 12.3. The van der Waals surface area contributed by atoms with Crippen molar-refractivity contribution >= 4 is 28.1 Å². The zero-order valence-corrected chi connectivity index (χ0v) is 14.0. The Bertz CT molecular complexity index is 801. The third-order valence-electron chi connectivity index (χ3n) is 3.84. The molecule has 0 spiro atoms. The SMILES string of the molecule is C[C@H](NC(=O)N(C)Cc1cscn1)c1ccc2ccccc2c1. The van der Waals surface area contributed by atoms with E-state index in [-0.39, 0.29) is 12.1 Å². The molecule has 2 amide bonds. The molecule has 1 N–H and O–H groups in total. The summed E-state index contributed by atoms with van der Waals surface area (Å²) in [5.74, 6) is 0. The molecule has 1 aromatic heterocycles. The highest BCUT2D eigenvalue weighted by Gasteiger charge is 2.14. The molecule has 0 saturated heterocycles. The van der Waals surface area contributed by atoms with E-state index in [9.17, 15) is 4.79 Å². The van der Waals surface area contributed by atoms with Crippen LogP contribution in [0.1, 0.15) is 24.2 Å². The third kappa shape index (κ3) is 3.68. The number of carbonyl (C=O) groups is 1. The maximum Gasteiger partial charge on any atom is 0.317 e. The first-order chi connectivity index (χ1) is 11.1. The van der Waals surface area contributed by atoms with Crippen LogP contribution in [0, 0.1) is 0 Å². The van der Waals surface area contributed by atoms with Crippen LogP contribution < -0.4 is 5.32 Å². The van der Waals surface area contributed by atoms with Crippen LogP contribution in [0.25, 0.3) is 10.8 Å². The number of thiazole rings is 1. The van der Waals surface area contributed by atoms with Crippen LogP contribution in [-0.4, -0.2) is 23.0 Å². The number of benzene rings is 2. The van der Waals surface area contributed by atoms with Gasteiger partial charge in [-0.15, -0.1) is 11.3 Å². The number of hydrogen-bond donors (Lipinski definition) is 1. The molecule has 0 unspecified atom stereocenters. The molecule has 0 saturated carbocycles. The highest BCUT2D eigenvalue weighted by atomic mass is 32.1. The molecule has 1 heterocycles. The number of nitrogens with one attached hydrogen (secondary N) is 1. The molecule has 0 bridgehead atoms. The van der Waals surface area contributed by atoms with Gasteiger partial charge < -0.3 is 10.2 Å². The van der Waals surface area contributed by atoms with Gasteiger partial charge in [-0.05, 0) is 29.3 Å². The fraction of sp³-hybridized carbons (Fsp3) is 0.222. The van der Waals surface area contributed by atoms with Crippen LogP contribution in [-0.2, 0) is 6.54 Å². The second-order valence-corrected chi connectivity index (χ2v) is 6.33. The van der Waals surface area contributed by atoms with Crippen LogP contribution in [0.5, 0.6) is 0 Å². The van der Waals surface area contributed by atoms with E-state index in [1.807, 2.05) is 24.4 Å². The molecule has 3 aromatic rings. The summed E-state index contributed by atoms with van der Waals surface area (Å²) in [7, 11) is 1.78. The van der Waals surface area contributed by atoms with Crippen molar-refractivity contribution in [2.24, 2.45) is 0 Å². The Kier molecular flexibility index (Phi) is 4.57. The van der Waals surface area contributed by atoms with Gasteiger partial charge in [0.1, 0.15) is 0 Å². The molecule has 3 rings (SSSR count). The minimum atomic E-state index is -0.0985. The zero-order chi connectivity index (χ0) is 16.2. The van der Waals surface area contributed by atoms with Gasteiger partial charge in [-0.2, -0.15) is 0 Å². The standard InChI is InChI=1S/C18H19N3OS/c1-13(15-8-7-14-5-3-4-6-16(14)9-15)20-18(22)21(2)10-17-11-23-12-19-17/h3-9,11-13H,10H2,1-2H3,(H,20,22)/t13-/m0/s1. The van der Waals surface area contributed by atoms with Crippen molar-refractivity contribution in [3.05, 3.63) is 64.6 Å². The smallest absolute Gasteiger partial charge is 0.317 e. The van der Waals surface area contributed by atoms with Gasteiger partial charge in [0.05, 0.1) is 23.8 Å². The number of hydrogen-bond acceptors (Lipinski definition) is 3. The highest BCUT2D eigenvalue weighted by molar-refractivity contribution is 7.07. The third-order valence-corrected chi connectivity index (χ3v) is 4.48. The van der Waals surface area contributed by atoms with Crippen molar-refractivity contribution in [3.63, 3.8) is 0 Å². The molecular weight excluding hydrogens is 306 g/mol. The van der Waals surface area contributed by atoms with Gasteiger partial charge in [-0.3, -0.25) is 0 Å². The second kappa shape index (κ2) is 6.79. The predicted molar refractivity (Wildman–Crippen MR) is 94.5 cm³/mol. The molecule has 0 aliphatic heterocycles. The molecule has 118 valence electrons. The van der Waals surface area contributed by atoms with E-state index < -0.39 is 0 Å². The average molecular weight is 325 g/mol. The Morgan fingerprint density at radius 2 is 2.04 bits per heavy atom. The van der Waals surface area contributed by atoms with Crippen LogP contribution in [0.2, 0.25) is 0 Å². The lowest BCUT2D eigenvalue weighted by Crippen LogP contribution is -2.38. The van der Waals surface area contributed by atoms with E-state index in [1.165, 1.54) is 22.1 Å². The quantitative estimate of drug-likeness (QED) is 0.781. The maximum atomic E-state index is 12.3. The van der Waals surface area contributed by atoms with Crippen LogP contribution in [0.3, 0.4) is 0 Å². The molecule has 0 aliphatic rings. The van der Waals surface area contributed by atoms with E-state index >= 15 is 0 Å². The first kappa shape index (κ1) is 15.5. The molecule has 0 fully saturated rings. The molecule has 1 atom stereocenters. The summed E-state index contributed by atoms with van der Waals surface area (Å²) in [6, 6.07) is 14.4. The summed E-state index contributed by atoms with van der Waals surface area (Å²) in [4.78, 5) is 18.2. The molecule has 23 heavy (non-hydrogen) atoms. The fourth-order valence-corrected chi connectivity index (χ4v) is 3.04. The van der Waals surface area contributed by atoms with Crippen molar-refractivity contribution in [2.45, 2.75) is 19.5 Å². The number of urea groups is 1. The first-order valence-electron chi connectivity index (χ1n) is 7.51. The van der Waals surface area contributed by atoms with E-state index in [0.717, 1.165) is 11.3 Å². The number of nitrogens with zero attached hydrogens (tertiary/aromatic N) is 2. The van der Waals surface area contributed by atoms with Gasteiger partial charge in [0, 0.05) is 12.4 Å².